The maximum Gasteiger partial charge on any atom is 0.123 e. The molecule has 0 bridgehead atoms. The van der Waals surface area contributed by atoms with Crippen LogP contribution in [0.15, 0.2) is 53.0 Å². The molecule has 92 valence electrons. The molecule has 0 radical (unpaired) electrons. The molecule has 0 saturated heterocycles. The van der Waals surface area contributed by atoms with Crippen LogP contribution < -0.4 is 5.32 Å². The first-order chi connectivity index (χ1) is 8.65. The third-order valence-electron chi connectivity index (χ3n) is 2.44. The van der Waals surface area contributed by atoms with Gasteiger partial charge >= 0.3 is 0 Å². The van der Waals surface area contributed by atoms with Crippen LogP contribution in [0.5, 0.6) is 0 Å². The summed E-state index contributed by atoms with van der Waals surface area (Å²) in [5, 5.41) is 3.27. The van der Waals surface area contributed by atoms with Gasteiger partial charge < -0.3 is 5.32 Å². The Hall–Kier alpha value is -1.61. The number of anilines is 2. The normalized spacial score (nSPS) is 11.4. The van der Waals surface area contributed by atoms with E-state index in [1.54, 1.807) is 12.1 Å². The van der Waals surface area contributed by atoms with E-state index in [0.29, 0.717) is 0 Å². The minimum atomic E-state index is -0.231. The molecule has 0 aromatic heterocycles. The summed E-state index contributed by atoms with van der Waals surface area (Å²) in [4.78, 5) is 0. The summed E-state index contributed by atoms with van der Waals surface area (Å²) in [6.45, 7) is 1.98. The van der Waals surface area contributed by atoms with E-state index in [0.717, 1.165) is 21.4 Å². The van der Waals surface area contributed by atoms with Gasteiger partial charge in [-0.2, -0.15) is 0 Å². The van der Waals surface area contributed by atoms with Gasteiger partial charge in [-0.05, 0) is 53.4 Å². The van der Waals surface area contributed by atoms with E-state index in [-0.39, 0.29) is 5.82 Å². The van der Waals surface area contributed by atoms with Crippen LogP contribution in [0.1, 0.15) is 12.5 Å². The Morgan fingerprint density at radius 2 is 1.78 bits per heavy atom. The molecule has 0 aliphatic carbocycles. The van der Waals surface area contributed by atoms with E-state index in [1.165, 1.54) is 12.1 Å². The first-order valence-electron chi connectivity index (χ1n) is 5.60. The molecular formula is C15H13BrFN. The van der Waals surface area contributed by atoms with E-state index >= 15 is 0 Å². The van der Waals surface area contributed by atoms with Crippen LogP contribution in [-0.4, -0.2) is 0 Å². The number of hydrogen-bond acceptors (Lipinski definition) is 1. The molecule has 2 aromatic carbocycles. The molecule has 0 atom stereocenters. The first-order valence-corrected chi connectivity index (χ1v) is 6.40. The Labute approximate surface area is 114 Å². The number of hydrogen-bond donors (Lipinski definition) is 1. The van der Waals surface area contributed by atoms with Crippen LogP contribution in [0.4, 0.5) is 15.8 Å². The largest absolute Gasteiger partial charge is 0.355 e. The smallest absolute Gasteiger partial charge is 0.123 e. The van der Waals surface area contributed by atoms with Gasteiger partial charge in [0.2, 0.25) is 0 Å². The SMILES string of the molecule is C/C(Br)=C/c1ccccc1Nc1ccc(F)cc1. The topological polar surface area (TPSA) is 12.0 Å². The summed E-state index contributed by atoms with van der Waals surface area (Å²) in [6.07, 6.45) is 2.03. The summed E-state index contributed by atoms with van der Waals surface area (Å²) >= 11 is 3.42. The highest BCUT2D eigenvalue weighted by Gasteiger charge is 2.00. The van der Waals surface area contributed by atoms with Crippen LogP contribution in [0.2, 0.25) is 0 Å². The van der Waals surface area contributed by atoms with Crippen LogP contribution in [0, 0.1) is 5.82 Å². The van der Waals surface area contributed by atoms with E-state index < -0.39 is 0 Å². The van der Waals surface area contributed by atoms with Gasteiger partial charge in [-0.15, -0.1) is 0 Å². The van der Waals surface area contributed by atoms with Gasteiger partial charge in [0.25, 0.3) is 0 Å². The van der Waals surface area contributed by atoms with Crippen LogP contribution in [-0.2, 0) is 0 Å². The number of rotatable bonds is 3. The molecule has 0 spiro atoms. The second kappa shape index (κ2) is 5.83. The van der Waals surface area contributed by atoms with Crippen LogP contribution in [0.25, 0.3) is 6.08 Å². The van der Waals surface area contributed by atoms with Crippen molar-refractivity contribution in [2.45, 2.75) is 6.92 Å². The van der Waals surface area contributed by atoms with Crippen LogP contribution >= 0.6 is 15.9 Å². The second-order valence-electron chi connectivity index (χ2n) is 3.95. The maximum atomic E-state index is 12.8. The fourth-order valence-electron chi connectivity index (χ4n) is 1.64. The molecule has 1 nitrogen and oxygen atoms in total. The van der Waals surface area contributed by atoms with E-state index in [4.69, 9.17) is 0 Å². The summed E-state index contributed by atoms with van der Waals surface area (Å²) in [7, 11) is 0. The van der Waals surface area contributed by atoms with Gasteiger partial charge in [0, 0.05) is 11.4 Å². The molecule has 18 heavy (non-hydrogen) atoms. The zero-order chi connectivity index (χ0) is 13.0. The Bertz CT molecular complexity index is 557. The van der Waals surface area contributed by atoms with Crippen molar-refractivity contribution >= 4 is 33.4 Å². The summed E-state index contributed by atoms with van der Waals surface area (Å²) in [6, 6.07) is 14.3. The van der Waals surface area contributed by atoms with Gasteiger partial charge in [0.05, 0.1) is 0 Å². The number of halogens is 2. The molecule has 0 aliphatic rings. The van der Waals surface area contributed by atoms with Crippen molar-refractivity contribution in [3.63, 3.8) is 0 Å². The number of nitrogens with one attached hydrogen (secondary N) is 1. The third-order valence-corrected chi connectivity index (χ3v) is 2.67. The number of para-hydroxylation sites is 1. The Kier molecular flexibility index (Phi) is 4.15. The van der Waals surface area contributed by atoms with Gasteiger partial charge in [-0.25, -0.2) is 4.39 Å². The zero-order valence-electron chi connectivity index (χ0n) is 9.95. The fourth-order valence-corrected chi connectivity index (χ4v) is 1.89. The van der Waals surface area contributed by atoms with Crippen molar-refractivity contribution in [3.05, 3.63) is 64.4 Å². The second-order valence-corrected chi connectivity index (χ2v) is 5.20. The maximum absolute atomic E-state index is 12.8. The molecule has 2 rings (SSSR count). The molecule has 0 fully saturated rings. The van der Waals surface area contributed by atoms with E-state index in [2.05, 4.69) is 21.2 Å². The third kappa shape index (κ3) is 3.44. The van der Waals surface area contributed by atoms with Gasteiger partial charge in [0.1, 0.15) is 5.82 Å². The molecule has 3 heteroatoms. The molecule has 1 N–H and O–H groups in total. The summed E-state index contributed by atoms with van der Waals surface area (Å²) in [5.74, 6) is -0.231. The van der Waals surface area contributed by atoms with Crippen molar-refractivity contribution in [2.75, 3.05) is 5.32 Å². The Morgan fingerprint density at radius 1 is 1.11 bits per heavy atom. The Morgan fingerprint density at radius 3 is 2.44 bits per heavy atom. The zero-order valence-corrected chi connectivity index (χ0v) is 11.5. The summed E-state index contributed by atoms with van der Waals surface area (Å²) < 4.78 is 13.9. The minimum absolute atomic E-state index is 0.231. The minimum Gasteiger partial charge on any atom is -0.355 e. The van der Waals surface area contributed by atoms with Crippen molar-refractivity contribution < 1.29 is 4.39 Å². The lowest BCUT2D eigenvalue weighted by molar-refractivity contribution is 0.628. The highest BCUT2D eigenvalue weighted by Crippen LogP contribution is 2.24. The van der Waals surface area contributed by atoms with Crippen molar-refractivity contribution in [2.24, 2.45) is 0 Å². The monoisotopic (exact) mass is 305 g/mol. The quantitative estimate of drug-likeness (QED) is 0.808. The predicted octanol–water partition coefficient (Wildman–Crippen LogP) is 5.33. The molecule has 0 aliphatic heterocycles. The highest BCUT2D eigenvalue weighted by atomic mass is 79.9. The lowest BCUT2D eigenvalue weighted by Gasteiger charge is -2.09. The van der Waals surface area contributed by atoms with Crippen molar-refractivity contribution in [3.8, 4) is 0 Å². The van der Waals surface area contributed by atoms with Gasteiger partial charge in [-0.1, -0.05) is 34.1 Å². The standard InChI is InChI=1S/C15H13BrFN/c1-11(16)10-12-4-2-3-5-15(12)18-14-8-6-13(17)7-9-14/h2-10,18H,1H3/b11-10-. The first kappa shape index (κ1) is 12.8. The lowest BCUT2D eigenvalue weighted by atomic mass is 10.1. The van der Waals surface area contributed by atoms with Gasteiger partial charge in [0.15, 0.2) is 0 Å². The average Bonchev–Trinajstić information content (AvgIpc) is 2.34. The number of benzene rings is 2. The van der Waals surface area contributed by atoms with E-state index in [1.807, 2.05) is 37.3 Å². The van der Waals surface area contributed by atoms with Gasteiger partial charge in [-0.3, -0.25) is 0 Å². The van der Waals surface area contributed by atoms with Crippen LogP contribution in [0.3, 0.4) is 0 Å². The average molecular weight is 306 g/mol. The summed E-state index contributed by atoms with van der Waals surface area (Å²) in [5.41, 5.74) is 2.93. The molecule has 0 amide bonds. The molecule has 0 saturated carbocycles. The molecule has 2 aromatic rings. The predicted molar refractivity (Wildman–Crippen MR) is 78.7 cm³/mol. The van der Waals surface area contributed by atoms with Crippen molar-refractivity contribution in [1.29, 1.82) is 0 Å². The lowest BCUT2D eigenvalue weighted by Crippen LogP contribution is -1.92. The number of allylic oxidation sites excluding steroid dienone is 1. The molecular weight excluding hydrogens is 293 g/mol. The highest BCUT2D eigenvalue weighted by molar-refractivity contribution is 9.11. The molecule has 0 heterocycles. The fraction of sp³-hybridized carbons (Fsp3) is 0.0667. The van der Waals surface area contributed by atoms with Crippen molar-refractivity contribution in [1.82, 2.24) is 0 Å². The molecule has 0 unspecified atom stereocenters. The Balaban J connectivity index is 2.29. The van der Waals surface area contributed by atoms with E-state index in [9.17, 15) is 4.39 Å².